The van der Waals surface area contributed by atoms with E-state index < -0.39 is 0 Å². The molecule has 2 aromatic heterocycles. The highest BCUT2D eigenvalue weighted by atomic mass is 35.5. The molecule has 1 N–H and O–H groups in total. The van der Waals surface area contributed by atoms with Gasteiger partial charge in [-0.15, -0.1) is 10.2 Å². The SMILES string of the molecule is COc1ccc(NC(=O)C(C)N2CCC(c3nnc4ccccn34)CC2)cc1Cl. The Morgan fingerprint density at radius 3 is 2.76 bits per heavy atom. The van der Waals surface area contributed by atoms with E-state index in [0.29, 0.717) is 22.4 Å². The summed E-state index contributed by atoms with van der Waals surface area (Å²) in [4.78, 5) is 14.9. The first kappa shape index (κ1) is 19.7. The molecular formula is C21H24ClN5O2. The van der Waals surface area contributed by atoms with Crippen LogP contribution in [-0.4, -0.2) is 51.6 Å². The molecule has 4 rings (SSSR count). The molecule has 0 saturated carbocycles. The average molecular weight is 414 g/mol. The van der Waals surface area contributed by atoms with Gasteiger partial charge in [0.05, 0.1) is 18.2 Å². The molecule has 1 fully saturated rings. The standard InChI is InChI=1S/C21H24ClN5O2/c1-14(21(28)23-16-6-7-18(29-2)17(22)13-16)26-11-8-15(9-12-26)20-25-24-19-5-3-4-10-27(19)20/h3-7,10,13-15H,8-9,11-12H2,1-2H3,(H,23,28). The van der Waals surface area contributed by atoms with Crippen LogP contribution in [-0.2, 0) is 4.79 Å². The summed E-state index contributed by atoms with van der Waals surface area (Å²) in [6.07, 6.45) is 3.90. The molecule has 0 radical (unpaired) electrons. The van der Waals surface area contributed by atoms with Gasteiger partial charge in [-0.05, 0) is 63.2 Å². The lowest BCUT2D eigenvalue weighted by Gasteiger charge is -2.34. The number of pyridine rings is 1. The highest BCUT2D eigenvalue weighted by Gasteiger charge is 2.29. The zero-order valence-electron chi connectivity index (χ0n) is 16.5. The Hall–Kier alpha value is -2.64. The van der Waals surface area contributed by atoms with Gasteiger partial charge in [0.2, 0.25) is 5.91 Å². The summed E-state index contributed by atoms with van der Waals surface area (Å²) in [6.45, 7) is 3.61. The van der Waals surface area contributed by atoms with E-state index in [0.717, 1.165) is 37.4 Å². The zero-order valence-corrected chi connectivity index (χ0v) is 17.3. The number of nitrogens with zero attached hydrogens (tertiary/aromatic N) is 4. The van der Waals surface area contributed by atoms with E-state index in [1.54, 1.807) is 25.3 Å². The molecule has 3 heterocycles. The molecule has 1 atom stereocenters. The number of rotatable bonds is 5. The summed E-state index contributed by atoms with van der Waals surface area (Å²) in [5.74, 6) is 1.89. The fraction of sp³-hybridized carbons (Fsp3) is 0.381. The van der Waals surface area contributed by atoms with Crippen LogP contribution < -0.4 is 10.1 Å². The number of carbonyl (C=O) groups excluding carboxylic acids is 1. The van der Waals surface area contributed by atoms with E-state index in [4.69, 9.17) is 16.3 Å². The lowest BCUT2D eigenvalue weighted by Crippen LogP contribution is -2.45. The Morgan fingerprint density at radius 1 is 1.24 bits per heavy atom. The maximum atomic E-state index is 12.7. The summed E-state index contributed by atoms with van der Waals surface area (Å²) in [6, 6.07) is 10.9. The molecule has 1 aliphatic rings. The molecule has 152 valence electrons. The molecule has 1 aliphatic heterocycles. The molecular weight excluding hydrogens is 390 g/mol. The van der Waals surface area contributed by atoms with Gasteiger partial charge >= 0.3 is 0 Å². The highest BCUT2D eigenvalue weighted by Crippen LogP contribution is 2.29. The fourth-order valence-corrected chi connectivity index (χ4v) is 4.10. The van der Waals surface area contributed by atoms with Crippen molar-refractivity contribution in [3.63, 3.8) is 0 Å². The Bertz CT molecular complexity index is 1010. The maximum Gasteiger partial charge on any atom is 0.241 e. The number of likely N-dealkylation sites (tertiary alicyclic amines) is 1. The Kier molecular flexibility index (Phi) is 5.69. The average Bonchev–Trinajstić information content (AvgIpc) is 3.17. The predicted molar refractivity (Wildman–Crippen MR) is 113 cm³/mol. The van der Waals surface area contributed by atoms with Crippen molar-refractivity contribution < 1.29 is 9.53 Å². The van der Waals surface area contributed by atoms with Crippen molar-refractivity contribution in [1.82, 2.24) is 19.5 Å². The van der Waals surface area contributed by atoms with Gasteiger partial charge in [-0.3, -0.25) is 14.1 Å². The number of aromatic nitrogens is 3. The Balaban J connectivity index is 1.36. The van der Waals surface area contributed by atoms with E-state index in [9.17, 15) is 4.79 Å². The summed E-state index contributed by atoms with van der Waals surface area (Å²) in [7, 11) is 1.56. The number of amides is 1. The fourth-order valence-electron chi connectivity index (χ4n) is 3.84. The predicted octanol–water partition coefficient (Wildman–Crippen LogP) is 3.60. The molecule has 0 spiro atoms. The molecule has 1 aromatic carbocycles. The number of halogens is 1. The lowest BCUT2D eigenvalue weighted by atomic mass is 9.95. The molecule has 0 aliphatic carbocycles. The maximum absolute atomic E-state index is 12.7. The summed E-state index contributed by atoms with van der Waals surface area (Å²) in [5.41, 5.74) is 1.54. The topological polar surface area (TPSA) is 71.8 Å². The van der Waals surface area contributed by atoms with Gasteiger partial charge < -0.3 is 10.1 Å². The van der Waals surface area contributed by atoms with Crippen LogP contribution in [0.15, 0.2) is 42.6 Å². The van der Waals surface area contributed by atoms with Crippen molar-refractivity contribution in [3.05, 3.63) is 53.4 Å². The molecule has 1 saturated heterocycles. The third-order valence-corrected chi connectivity index (χ3v) is 5.88. The number of piperidine rings is 1. The minimum Gasteiger partial charge on any atom is -0.495 e. The van der Waals surface area contributed by atoms with Crippen LogP contribution in [0.25, 0.3) is 5.65 Å². The van der Waals surface area contributed by atoms with Crippen LogP contribution in [0.2, 0.25) is 5.02 Å². The summed E-state index contributed by atoms with van der Waals surface area (Å²) < 4.78 is 7.21. The van der Waals surface area contributed by atoms with E-state index in [1.807, 2.05) is 31.3 Å². The minimum atomic E-state index is -0.230. The Morgan fingerprint density at radius 2 is 2.03 bits per heavy atom. The third kappa shape index (κ3) is 4.06. The summed E-state index contributed by atoms with van der Waals surface area (Å²) in [5, 5.41) is 12.1. The number of nitrogens with one attached hydrogen (secondary N) is 1. The lowest BCUT2D eigenvalue weighted by molar-refractivity contribution is -0.121. The van der Waals surface area contributed by atoms with E-state index in [1.165, 1.54) is 0 Å². The zero-order chi connectivity index (χ0) is 20.4. The van der Waals surface area contributed by atoms with E-state index in [2.05, 4.69) is 24.8 Å². The molecule has 29 heavy (non-hydrogen) atoms. The number of benzene rings is 1. The van der Waals surface area contributed by atoms with Gasteiger partial charge in [0.1, 0.15) is 11.6 Å². The first-order valence-electron chi connectivity index (χ1n) is 9.75. The molecule has 1 amide bonds. The van der Waals surface area contributed by atoms with E-state index >= 15 is 0 Å². The first-order valence-corrected chi connectivity index (χ1v) is 10.1. The number of hydrogen-bond acceptors (Lipinski definition) is 5. The van der Waals surface area contributed by atoms with Gasteiger partial charge in [-0.2, -0.15) is 0 Å². The number of ether oxygens (including phenoxy) is 1. The largest absolute Gasteiger partial charge is 0.495 e. The number of hydrogen-bond donors (Lipinski definition) is 1. The van der Waals surface area contributed by atoms with Gasteiger partial charge in [0.15, 0.2) is 5.65 Å². The third-order valence-electron chi connectivity index (χ3n) is 5.58. The normalized spacial score (nSPS) is 16.7. The highest BCUT2D eigenvalue weighted by molar-refractivity contribution is 6.32. The molecule has 3 aromatic rings. The van der Waals surface area contributed by atoms with Crippen LogP contribution in [0, 0.1) is 0 Å². The first-order chi connectivity index (χ1) is 14.1. The van der Waals surface area contributed by atoms with Crippen LogP contribution in [0.3, 0.4) is 0 Å². The minimum absolute atomic E-state index is 0.0439. The van der Waals surface area contributed by atoms with Crippen molar-refractivity contribution >= 4 is 28.8 Å². The summed E-state index contributed by atoms with van der Waals surface area (Å²) >= 11 is 6.15. The van der Waals surface area contributed by atoms with Crippen LogP contribution >= 0.6 is 11.6 Å². The number of anilines is 1. The van der Waals surface area contributed by atoms with Crippen LogP contribution in [0.4, 0.5) is 5.69 Å². The van der Waals surface area contributed by atoms with Gasteiger partial charge in [-0.1, -0.05) is 17.7 Å². The van der Waals surface area contributed by atoms with Gasteiger partial charge in [0.25, 0.3) is 0 Å². The molecule has 1 unspecified atom stereocenters. The molecule has 0 bridgehead atoms. The number of carbonyl (C=O) groups is 1. The van der Waals surface area contributed by atoms with Crippen molar-refractivity contribution in [2.45, 2.75) is 31.7 Å². The second-order valence-corrected chi connectivity index (χ2v) is 7.72. The second kappa shape index (κ2) is 8.39. The number of fused-ring (bicyclic) bond motifs is 1. The Labute approximate surface area is 174 Å². The van der Waals surface area contributed by atoms with Crippen molar-refractivity contribution in [3.8, 4) is 5.75 Å². The molecule has 7 nitrogen and oxygen atoms in total. The van der Waals surface area contributed by atoms with Crippen molar-refractivity contribution in [1.29, 1.82) is 0 Å². The van der Waals surface area contributed by atoms with Crippen LogP contribution in [0.5, 0.6) is 5.75 Å². The smallest absolute Gasteiger partial charge is 0.241 e. The second-order valence-electron chi connectivity index (χ2n) is 7.31. The van der Waals surface area contributed by atoms with Crippen LogP contribution in [0.1, 0.15) is 31.5 Å². The van der Waals surface area contributed by atoms with Gasteiger partial charge in [0, 0.05) is 17.8 Å². The molecule has 8 heteroatoms. The monoisotopic (exact) mass is 413 g/mol. The van der Waals surface area contributed by atoms with Crippen molar-refractivity contribution in [2.24, 2.45) is 0 Å². The van der Waals surface area contributed by atoms with Crippen molar-refractivity contribution in [2.75, 3.05) is 25.5 Å². The number of methoxy groups -OCH3 is 1. The van der Waals surface area contributed by atoms with E-state index in [-0.39, 0.29) is 11.9 Å². The van der Waals surface area contributed by atoms with Gasteiger partial charge in [-0.25, -0.2) is 0 Å². The quantitative estimate of drug-likeness (QED) is 0.692.